The average molecular weight is 607 g/mol. The molecular weight excluding hydrogens is 553 g/mol. The van der Waals surface area contributed by atoms with Gasteiger partial charge in [-0.25, -0.2) is 0 Å². The van der Waals surface area contributed by atoms with Crippen LogP contribution in [-0.4, -0.2) is 29.2 Å². The molecule has 242 valence electrons. The largest absolute Gasteiger partial charge is 0.397 e. The SMILES string of the molecule is CCC(C)(C)CC[C@@](C)(CCC(C)(C)[C@]1(C)CC[C@H]2C(C)(C)C(=O)C(C#N)=C[C@]2(C)/C1=C/C(C)=O)NC(=O)CC(F)(F)F. The van der Waals surface area contributed by atoms with E-state index in [1.807, 2.05) is 27.7 Å². The van der Waals surface area contributed by atoms with Crippen molar-refractivity contribution < 1.29 is 27.6 Å². The number of hydrogen-bond donors (Lipinski definition) is 1. The number of carbonyl (C=O) groups is 3. The normalized spacial score (nSPS) is 28.4. The smallest absolute Gasteiger partial charge is 0.351 e. The lowest BCUT2D eigenvalue weighted by atomic mass is 9.42. The van der Waals surface area contributed by atoms with Crippen molar-refractivity contribution in [1.29, 1.82) is 5.26 Å². The second kappa shape index (κ2) is 12.2. The summed E-state index contributed by atoms with van der Waals surface area (Å²) in [6, 6.07) is 2.10. The lowest BCUT2D eigenvalue weighted by Gasteiger charge is -2.61. The van der Waals surface area contributed by atoms with Gasteiger partial charge in [0, 0.05) is 16.4 Å². The number of amides is 1. The van der Waals surface area contributed by atoms with E-state index in [1.165, 1.54) is 6.92 Å². The fraction of sp³-hybridized carbons (Fsp3) is 0.771. The molecule has 8 heteroatoms. The number of ketones is 2. The maximum Gasteiger partial charge on any atom is 0.397 e. The van der Waals surface area contributed by atoms with Crippen molar-refractivity contribution in [3.05, 3.63) is 23.3 Å². The number of alkyl halides is 3. The monoisotopic (exact) mass is 606 g/mol. The number of nitrogens with zero attached hydrogens (tertiary/aromatic N) is 1. The third-order valence-electron chi connectivity index (χ3n) is 11.4. The molecule has 1 saturated carbocycles. The number of nitriles is 1. The van der Waals surface area contributed by atoms with Crippen LogP contribution < -0.4 is 5.32 Å². The van der Waals surface area contributed by atoms with Gasteiger partial charge in [0.1, 0.15) is 12.5 Å². The van der Waals surface area contributed by atoms with E-state index in [0.717, 1.165) is 18.4 Å². The number of halogens is 3. The van der Waals surface area contributed by atoms with Crippen LogP contribution in [0.1, 0.15) is 128 Å². The van der Waals surface area contributed by atoms with Crippen LogP contribution in [0.5, 0.6) is 0 Å². The minimum Gasteiger partial charge on any atom is -0.351 e. The Morgan fingerprint density at radius 3 is 2.09 bits per heavy atom. The molecule has 0 saturated heterocycles. The first kappa shape index (κ1) is 36.8. The number of Topliss-reactive ketones (excluding diaryl/α,β-unsaturated/α-hetero) is 1. The number of allylic oxidation sites excluding steroid dienone is 4. The van der Waals surface area contributed by atoms with E-state index in [1.54, 1.807) is 12.2 Å². The topological polar surface area (TPSA) is 87.0 Å². The van der Waals surface area contributed by atoms with Crippen molar-refractivity contribution >= 4 is 17.5 Å². The van der Waals surface area contributed by atoms with Crippen LogP contribution in [0.3, 0.4) is 0 Å². The molecule has 2 rings (SSSR count). The summed E-state index contributed by atoms with van der Waals surface area (Å²) < 4.78 is 39.3. The van der Waals surface area contributed by atoms with Crippen LogP contribution in [0.4, 0.5) is 13.2 Å². The van der Waals surface area contributed by atoms with Crippen molar-refractivity contribution in [3.63, 3.8) is 0 Å². The van der Waals surface area contributed by atoms with Crippen LogP contribution in [-0.2, 0) is 14.4 Å². The Bertz CT molecular complexity index is 1220. The van der Waals surface area contributed by atoms with Crippen LogP contribution in [0.25, 0.3) is 0 Å². The number of nitrogens with one attached hydrogen (secondary N) is 1. The molecule has 0 aromatic carbocycles. The van der Waals surface area contributed by atoms with Gasteiger partial charge in [-0.1, -0.05) is 80.4 Å². The molecule has 2 aliphatic rings. The van der Waals surface area contributed by atoms with Crippen LogP contribution in [0.2, 0.25) is 0 Å². The highest BCUT2D eigenvalue weighted by Gasteiger charge is 2.61. The molecule has 1 N–H and O–H groups in total. The van der Waals surface area contributed by atoms with Crippen molar-refractivity contribution in [2.45, 2.75) is 139 Å². The summed E-state index contributed by atoms with van der Waals surface area (Å²) in [6.07, 6.45) is 1.95. The highest BCUT2D eigenvalue weighted by Crippen LogP contribution is 2.67. The van der Waals surface area contributed by atoms with E-state index >= 15 is 0 Å². The lowest BCUT2D eigenvalue weighted by Crippen LogP contribution is -2.56. The van der Waals surface area contributed by atoms with E-state index < -0.39 is 45.7 Å². The van der Waals surface area contributed by atoms with Gasteiger partial charge in [-0.2, -0.15) is 18.4 Å². The van der Waals surface area contributed by atoms with E-state index in [0.29, 0.717) is 32.1 Å². The Kier molecular flexibility index (Phi) is 10.4. The molecule has 0 spiro atoms. The van der Waals surface area contributed by atoms with Gasteiger partial charge < -0.3 is 5.32 Å². The highest BCUT2D eigenvalue weighted by molar-refractivity contribution is 6.04. The van der Waals surface area contributed by atoms with Gasteiger partial charge in [-0.05, 0) is 80.6 Å². The minimum absolute atomic E-state index is 0.0299. The summed E-state index contributed by atoms with van der Waals surface area (Å²) in [7, 11) is 0. The second-order valence-electron chi connectivity index (χ2n) is 15.9. The van der Waals surface area contributed by atoms with Gasteiger partial charge in [-0.3, -0.25) is 14.4 Å². The van der Waals surface area contributed by atoms with E-state index in [2.05, 4.69) is 52.9 Å². The number of fused-ring (bicyclic) bond motifs is 1. The van der Waals surface area contributed by atoms with Crippen molar-refractivity contribution in [2.24, 2.45) is 33.0 Å². The van der Waals surface area contributed by atoms with Crippen LogP contribution in [0.15, 0.2) is 23.3 Å². The predicted molar refractivity (Wildman–Crippen MR) is 164 cm³/mol. The van der Waals surface area contributed by atoms with Crippen molar-refractivity contribution in [1.82, 2.24) is 5.32 Å². The maximum absolute atomic E-state index is 13.2. The fourth-order valence-corrected chi connectivity index (χ4v) is 7.58. The zero-order valence-corrected chi connectivity index (χ0v) is 28.2. The summed E-state index contributed by atoms with van der Waals surface area (Å²) in [5.74, 6) is -1.43. The number of hydrogen-bond acceptors (Lipinski definition) is 4. The molecule has 5 nitrogen and oxygen atoms in total. The average Bonchev–Trinajstić information content (AvgIpc) is 2.85. The minimum atomic E-state index is -4.59. The Balaban J connectivity index is 2.55. The van der Waals surface area contributed by atoms with Crippen molar-refractivity contribution in [2.75, 3.05) is 0 Å². The highest BCUT2D eigenvalue weighted by atomic mass is 19.4. The van der Waals surface area contributed by atoms with Crippen molar-refractivity contribution in [3.8, 4) is 6.07 Å². The van der Waals surface area contributed by atoms with Gasteiger partial charge in [0.15, 0.2) is 11.6 Å². The summed E-state index contributed by atoms with van der Waals surface area (Å²) in [6.45, 7) is 21.8. The van der Waals surface area contributed by atoms with E-state index in [-0.39, 0.29) is 28.5 Å². The third kappa shape index (κ3) is 7.81. The Hall–Kier alpha value is -2.43. The van der Waals surface area contributed by atoms with Gasteiger partial charge in [0.2, 0.25) is 5.91 Å². The quantitative estimate of drug-likeness (QED) is 0.238. The first-order valence-electron chi connectivity index (χ1n) is 15.6. The molecule has 0 aliphatic heterocycles. The molecule has 0 aromatic rings. The zero-order chi connectivity index (χ0) is 33.4. The zero-order valence-electron chi connectivity index (χ0n) is 28.2. The molecular formula is C35H53F3N2O3. The van der Waals surface area contributed by atoms with Crippen LogP contribution in [0, 0.1) is 44.3 Å². The summed E-state index contributed by atoms with van der Waals surface area (Å²) >= 11 is 0. The summed E-state index contributed by atoms with van der Waals surface area (Å²) in [5.41, 5.74) is -2.38. The fourth-order valence-electron chi connectivity index (χ4n) is 7.58. The molecule has 1 fully saturated rings. The summed E-state index contributed by atoms with van der Waals surface area (Å²) in [4.78, 5) is 38.5. The molecule has 0 radical (unpaired) electrons. The standard InChI is InChI=1S/C35H53F3N2O3/c1-12-29(3,4)15-17-32(9,40-27(42)21-35(36,37)38)18-16-30(5,6)34(11)14-13-25-31(7,8)28(43)24(22-39)20-33(25,10)26(34)19-23(2)41/h19-20,25H,12-18,21H2,1-11H3,(H,40,42)/b26-19-/t25-,32-,33-,34+/m0/s1. The van der Waals surface area contributed by atoms with E-state index in [9.17, 15) is 32.8 Å². The number of carbonyl (C=O) groups excluding carboxylic acids is 3. The molecule has 0 bridgehead atoms. The van der Waals surface area contributed by atoms with Gasteiger partial charge in [0.05, 0.1) is 5.57 Å². The Morgan fingerprint density at radius 1 is 1.05 bits per heavy atom. The van der Waals surface area contributed by atoms with Crippen LogP contribution >= 0.6 is 0 Å². The van der Waals surface area contributed by atoms with Gasteiger partial charge in [-0.15, -0.1) is 0 Å². The first-order valence-corrected chi connectivity index (χ1v) is 15.6. The Labute approximate surface area is 257 Å². The number of rotatable bonds is 11. The molecule has 4 atom stereocenters. The maximum atomic E-state index is 13.2. The molecule has 1 amide bonds. The lowest BCUT2D eigenvalue weighted by molar-refractivity contribution is -0.155. The first-order chi connectivity index (χ1) is 19.3. The predicted octanol–water partition coefficient (Wildman–Crippen LogP) is 8.83. The molecule has 43 heavy (non-hydrogen) atoms. The third-order valence-corrected chi connectivity index (χ3v) is 11.4. The molecule has 0 aromatic heterocycles. The molecule has 0 unspecified atom stereocenters. The second-order valence-corrected chi connectivity index (χ2v) is 15.9. The molecule has 2 aliphatic carbocycles. The van der Waals surface area contributed by atoms with E-state index in [4.69, 9.17) is 0 Å². The van der Waals surface area contributed by atoms with Gasteiger partial charge in [0.25, 0.3) is 0 Å². The Morgan fingerprint density at radius 2 is 1.60 bits per heavy atom. The molecule has 0 heterocycles. The van der Waals surface area contributed by atoms with Gasteiger partial charge >= 0.3 is 6.18 Å². The summed E-state index contributed by atoms with van der Waals surface area (Å²) in [5, 5.41) is 12.6.